The lowest BCUT2D eigenvalue weighted by Crippen LogP contribution is -2.70. The van der Waals surface area contributed by atoms with Crippen molar-refractivity contribution in [2.75, 3.05) is 25.5 Å². The van der Waals surface area contributed by atoms with Crippen LogP contribution in [0, 0.1) is 0 Å². The molecule has 1 N–H and O–H groups in total. The Morgan fingerprint density at radius 1 is 1.03 bits per heavy atom. The molecule has 1 spiro atoms. The molecule has 3 aromatic carbocycles. The van der Waals surface area contributed by atoms with Gasteiger partial charge in [0.05, 0.1) is 28.6 Å². The van der Waals surface area contributed by atoms with Crippen LogP contribution in [0.5, 0.6) is 5.75 Å². The van der Waals surface area contributed by atoms with Gasteiger partial charge in [-0.15, -0.1) is 0 Å². The summed E-state index contributed by atoms with van der Waals surface area (Å²) in [4.78, 5) is 15.9. The molecule has 5 rings (SSSR count). The number of carbonyl (C=O) groups is 1. The van der Waals surface area contributed by atoms with E-state index in [1.165, 1.54) is 0 Å². The topological polar surface area (TPSA) is 41.6 Å². The average Bonchev–Trinajstić information content (AvgIpc) is 2.76. The molecule has 4 nitrogen and oxygen atoms in total. The fraction of sp³-hybridized carbons (Fsp3) is 0.240. The van der Waals surface area contributed by atoms with Gasteiger partial charge in [0.2, 0.25) is 0 Å². The number of methoxy groups -OCH3 is 1. The number of Topliss-reactive ketones (excluding diaryl/α,β-unsaturated/α-hetero) is 1. The molecule has 3 aromatic rings. The van der Waals surface area contributed by atoms with Crippen molar-refractivity contribution in [2.45, 2.75) is 18.0 Å². The zero-order valence-electron chi connectivity index (χ0n) is 17.1. The Bertz CT molecular complexity index is 1140. The first-order chi connectivity index (χ1) is 15.0. The number of halogens is 2. The number of rotatable bonds is 4. The van der Waals surface area contributed by atoms with Gasteiger partial charge in [0.1, 0.15) is 5.75 Å². The van der Waals surface area contributed by atoms with Crippen LogP contribution < -0.4 is 10.1 Å². The second-order valence-electron chi connectivity index (χ2n) is 8.29. The summed E-state index contributed by atoms with van der Waals surface area (Å²) in [7, 11) is 1.65. The number of benzene rings is 3. The monoisotopic (exact) mass is 452 g/mol. The van der Waals surface area contributed by atoms with E-state index in [2.05, 4.69) is 10.2 Å². The zero-order chi connectivity index (χ0) is 21.6. The van der Waals surface area contributed by atoms with E-state index in [1.807, 2.05) is 66.7 Å². The predicted octanol–water partition coefficient (Wildman–Crippen LogP) is 5.65. The van der Waals surface area contributed by atoms with Crippen molar-refractivity contribution < 1.29 is 9.53 Å². The lowest BCUT2D eigenvalue weighted by atomic mass is 9.67. The normalized spacial score (nSPS) is 19.5. The summed E-state index contributed by atoms with van der Waals surface area (Å²) in [5, 5.41) is 4.83. The van der Waals surface area contributed by atoms with E-state index >= 15 is 0 Å². The summed E-state index contributed by atoms with van der Waals surface area (Å²) in [6.45, 7) is 2.26. The van der Waals surface area contributed by atoms with E-state index in [-0.39, 0.29) is 17.2 Å². The van der Waals surface area contributed by atoms with Crippen LogP contribution >= 0.6 is 23.2 Å². The highest BCUT2D eigenvalue weighted by Gasteiger charge is 2.55. The lowest BCUT2D eigenvalue weighted by molar-refractivity contribution is 0.0482. The van der Waals surface area contributed by atoms with Gasteiger partial charge < -0.3 is 10.1 Å². The lowest BCUT2D eigenvalue weighted by Gasteiger charge is -2.56. The SMILES string of the molecule is COc1ccc(C2C(=O)c3ccccc3NC23CN(Cc2ccc(Cl)c(Cl)c2)C3)cc1. The molecule has 1 atom stereocenters. The molecule has 0 saturated carbocycles. The van der Waals surface area contributed by atoms with Crippen LogP contribution in [0.1, 0.15) is 27.4 Å². The highest BCUT2D eigenvalue weighted by Crippen LogP contribution is 2.46. The number of nitrogens with zero attached hydrogens (tertiary/aromatic N) is 1. The number of ketones is 1. The second-order valence-corrected chi connectivity index (χ2v) is 9.11. The Morgan fingerprint density at radius 3 is 2.48 bits per heavy atom. The van der Waals surface area contributed by atoms with E-state index < -0.39 is 0 Å². The van der Waals surface area contributed by atoms with Crippen molar-refractivity contribution in [2.24, 2.45) is 0 Å². The van der Waals surface area contributed by atoms with Gasteiger partial charge in [-0.1, -0.05) is 53.5 Å². The minimum absolute atomic E-state index is 0.161. The zero-order valence-corrected chi connectivity index (χ0v) is 18.6. The van der Waals surface area contributed by atoms with Crippen LogP contribution in [-0.2, 0) is 6.54 Å². The standard InChI is InChI=1S/C25H22Cl2N2O2/c1-31-18-9-7-17(8-10-18)23-24(30)19-4-2-3-5-22(19)28-25(23)14-29(15-25)13-16-6-11-20(26)21(27)12-16/h2-12,23,28H,13-15H2,1H3. The molecule has 6 heteroatoms. The number of anilines is 1. The molecular weight excluding hydrogens is 431 g/mol. The summed E-state index contributed by atoms with van der Waals surface area (Å²) < 4.78 is 5.30. The molecule has 0 aliphatic carbocycles. The minimum atomic E-state index is -0.351. The van der Waals surface area contributed by atoms with Crippen molar-refractivity contribution >= 4 is 34.7 Å². The highest BCUT2D eigenvalue weighted by atomic mass is 35.5. The van der Waals surface area contributed by atoms with Gasteiger partial charge in [0.25, 0.3) is 0 Å². The maximum Gasteiger partial charge on any atom is 0.174 e. The Labute approximate surface area is 191 Å². The maximum absolute atomic E-state index is 13.6. The summed E-state index contributed by atoms with van der Waals surface area (Å²) in [6.07, 6.45) is 0. The van der Waals surface area contributed by atoms with Crippen molar-refractivity contribution in [3.63, 3.8) is 0 Å². The molecule has 2 heterocycles. The van der Waals surface area contributed by atoms with E-state index in [0.717, 1.165) is 47.8 Å². The van der Waals surface area contributed by atoms with Gasteiger partial charge in [0.15, 0.2) is 5.78 Å². The number of para-hydroxylation sites is 1. The molecule has 0 bridgehead atoms. The van der Waals surface area contributed by atoms with E-state index in [1.54, 1.807) is 7.11 Å². The predicted molar refractivity (Wildman–Crippen MR) is 125 cm³/mol. The molecule has 0 amide bonds. The van der Waals surface area contributed by atoms with Gasteiger partial charge in [-0.25, -0.2) is 0 Å². The summed E-state index contributed by atoms with van der Waals surface area (Å²) in [5.41, 5.74) is 3.41. The van der Waals surface area contributed by atoms with Crippen LogP contribution in [-0.4, -0.2) is 36.4 Å². The summed E-state index contributed by atoms with van der Waals surface area (Å²) in [6, 6.07) is 21.3. The van der Waals surface area contributed by atoms with E-state index in [9.17, 15) is 4.79 Å². The number of hydrogen-bond acceptors (Lipinski definition) is 4. The third-order valence-corrected chi connectivity index (χ3v) is 6.98. The van der Waals surface area contributed by atoms with Crippen LogP contribution in [0.3, 0.4) is 0 Å². The van der Waals surface area contributed by atoms with Crippen molar-refractivity contribution in [1.82, 2.24) is 4.90 Å². The number of ether oxygens (including phenoxy) is 1. The molecular formula is C25H22Cl2N2O2. The van der Waals surface area contributed by atoms with E-state index in [4.69, 9.17) is 27.9 Å². The highest BCUT2D eigenvalue weighted by molar-refractivity contribution is 6.42. The maximum atomic E-state index is 13.6. The average molecular weight is 453 g/mol. The number of carbonyl (C=O) groups excluding carboxylic acids is 1. The third kappa shape index (κ3) is 3.59. The van der Waals surface area contributed by atoms with Crippen LogP contribution in [0.4, 0.5) is 5.69 Å². The van der Waals surface area contributed by atoms with Gasteiger partial charge in [-0.05, 0) is 47.5 Å². The van der Waals surface area contributed by atoms with E-state index in [0.29, 0.717) is 10.0 Å². The van der Waals surface area contributed by atoms with Crippen LogP contribution in [0.25, 0.3) is 0 Å². The Balaban J connectivity index is 1.45. The first-order valence-electron chi connectivity index (χ1n) is 10.2. The Hall–Kier alpha value is -2.53. The summed E-state index contributed by atoms with van der Waals surface area (Å²) >= 11 is 12.2. The third-order valence-electron chi connectivity index (χ3n) is 6.24. The largest absolute Gasteiger partial charge is 0.497 e. The quantitative estimate of drug-likeness (QED) is 0.555. The van der Waals surface area contributed by atoms with Crippen molar-refractivity contribution in [3.8, 4) is 5.75 Å². The number of hydrogen-bond donors (Lipinski definition) is 1. The van der Waals surface area contributed by atoms with Crippen molar-refractivity contribution in [1.29, 1.82) is 0 Å². The van der Waals surface area contributed by atoms with Gasteiger partial charge in [-0.2, -0.15) is 0 Å². The molecule has 2 aliphatic rings. The molecule has 158 valence electrons. The second kappa shape index (κ2) is 7.86. The Morgan fingerprint density at radius 2 is 1.77 bits per heavy atom. The molecule has 2 aliphatic heterocycles. The van der Waals surface area contributed by atoms with Crippen LogP contribution in [0.15, 0.2) is 66.7 Å². The molecule has 31 heavy (non-hydrogen) atoms. The fourth-order valence-corrected chi connectivity index (χ4v) is 5.16. The molecule has 1 fully saturated rings. The fourth-order valence-electron chi connectivity index (χ4n) is 4.84. The first kappa shape index (κ1) is 20.4. The minimum Gasteiger partial charge on any atom is -0.497 e. The number of fused-ring (bicyclic) bond motifs is 1. The number of likely N-dealkylation sites (tertiary alicyclic amines) is 1. The molecule has 1 saturated heterocycles. The molecule has 0 radical (unpaired) electrons. The van der Waals surface area contributed by atoms with Crippen LogP contribution in [0.2, 0.25) is 10.0 Å². The van der Waals surface area contributed by atoms with Gasteiger partial charge in [-0.3, -0.25) is 9.69 Å². The van der Waals surface area contributed by atoms with Gasteiger partial charge in [0, 0.05) is 30.9 Å². The first-order valence-corrected chi connectivity index (χ1v) is 11.0. The molecule has 1 unspecified atom stereocenters. The smallest absolute Gasteiger partial charge is 0.174 e. The number of nitrogens with one attached hydrogen (secondary N) is 1. The Kier molecular flexibility index (Phi) is 5.17. The van der Waals surface area contributed by atoms with Crippen molar-refractivity contribution in [3.05, 3.63) is 93.5 Å². The van der Waals surface area contributed by atoms with Gasteiger partial charge >= 0.3 is 0 Å². The molecule has 0 aromatic heterocycles. The summed E-state index contributed by atoms with van der Waals surface area (Å²) in [5.74, 6) is 0.677.